The summed E-state index contributed by atoms with van der Waals surface area (Å²) in [5.41, 5.74) is 4.88. The molecule has 8 nitrogen and oxygen atoms in total. The van der Waals surface area contributed by atoms with Crippen LogP contribution in [0.4, 0.5) is 5.82 Å². The highest BCUT2D eigenvalue weighted by molar-refractivity contribution is 5.98. The highest BCUT2D eigenvalue weighted by atomic mass is 16.5. The second-order valence-electron chi connectivity index (χ2n) is 10.8. The van der Waals surface area contributed by atoms with Crippen molar-refractivity contribution in [3.63, 3.8) is 0 Å². The van der Waals surface area contributed by atoms with Crippen LogP contribution in [0.1, 0.15) is 53.8 Å². The molecule has 1 saturated heterocycles. The van der Waals surface area contributed by atoms with E-state index in [0.717, 1.165) is 79.1 Å². The van der Waals surface area contributed by atoms with Crippen LogP contribution in [0.2, 0.25) is 0 Å². The Hall–Kier alpha value is -3.62. The van der Waals surface area contributed by atoms with Gasteiger partial charge in [-0.1, -0.05) is 31.4 Å². The quantitative estimate of drug-likeness (QED) is 0.324. The minimum Gasteiger partial charge on any atom is -0.379 e. The first-order chi connectivity index (χ1) is 19.1. The maximum absolute atomic E-state index is 13.2. The molecule has 1 aliphatic carbocycles. The van der Waals surface area contributed by atoms with Gasteiger partial charge in [0.1, 0.15) is 5.82 Å². The number of fused-ring (bicyclic) bond motifs is 1. The molecule has 202 valence electrons. The molecule has 6 rings (SSSR count). The Morgan fingerprint density at radius 2 is 1.85 bits per heavy atom. The van der Waals surface area contributed by atoms with Crippen molar-refractivity contribution in [2.75, 3.05) is 31.6 Å². The van der Waals surface area contributed by atoms with Gasteiger partial charge in [-0.15, -0.1) is 0 Å². The number of hydrogen-bond acceptors (Lipinski definition) is 7. The largest absolute Gasteiger partial charge is 0.379 e. The van der Waals surface area contributed by atoms with Gasteiger partial charge in [-0.25, -0.2) is 4.98 Å². The lowest BCUT2D eigenvalue weighted by Crippen LogP contribution is -2.36. The highest BCUT2D eigenvalue weighted by Gasteiger charge is 2.18. The van der Waals surface area contributed by atoms with Gasteiger partial charge in [-0.3, -0.25) is 19.4 Å². The Morgan fingerprint density at radius 1 is 1.00 bits per heavy atom. The second-order valence-corrected chi connectivity index (χ2v) is 10.8. The standard InChI is InChI=1S/C31H36N6O2/c1-36-29(21-37-11-13-39-14-12-37)28(20-34-36)22-7-8-24-19-33-27(16-25(24)15-22)18-30(38)23-9-10-32-31(17-23)35-26-5-3-2-4-6-26/h7-10,15-17,19-20,26H,2-6,11-14,18,21H2,1H3,(H,32,35). The van der Waals surface area contributed by atoms with Gasteiger partial charge in [0.15, 0.2) is 5.78 Å². The number of nitrogens with one attached hydrogen (secondary N) is 1. The Bertz CT molecular complexity index is 1450. The fourth-order valence-electron chi connectivity index (χ4n) is 5.72. The molecule has 2 aliphatic rings. The molecular weight excluding hydrogens is 488 g/mol. The van der Waals surface area contributed by atoms with Gasteiger partial charge in [-0.2, -0.15) is 5.10 Å². The van der Waals surface area contributed by atoms with Gasteiger partial charge in [0.05, 0.1) is 31.5 Å². The fourth-order valence-corrected chi connectivity index (χ4v) is 5.72. The smallest absolute Gasteiger partial charge is 0.169 e. The van der Waals surface area contributed by atoms with Crippen LogP contribution < -0.4 is 5.32 Å². The summed E-state index contributed by atoms with van der Waals surface area (Å²) in [6, 6.07) is 12.6. The van der Waals surface area contributed by atoms with Gasteiger partial charge >= 0.3 is 0 Å². The molecule has 4 aromatic rings. The van der Waals surface area contributed by atoms with E-state index in [1.165, 1.54) is 25.0 Å². The number of hydrogen-bond donors (Lipinski definition) is 1. The molecule has 0 unspecified atom stereocenters. The lowest BCUT2D eigenvalue weighted by atomic mass is 9.95. The van der Waals surface area contributed by atoms with Crippen molar-refractivity contribution >= 4 is 22.4 Å². The van der Waals surface area contributed by atoms with E-state index in [2.05, 4.69) is 43.5 Å². The molecular formula is C31H36N6O2. The number of nitrogens with zero attached hydrogens (tertiary/aromatic N) is 5. The van der Waals surface area contributed by atoms with Crippen LogP contribution in [0, 0.1) is 0 Å². The van der Waals surface area contributed by atoms with Gasteiger partial charge in [0.25, 0.3) is 0 Å². The topological polar surface area (TPSA) is 85.2 Å². The molecule has 8 heteroatoms. The average Bonchev–Trinajstić information content (AvgIpc) is 3.33. The Kier molecular flexibility index (Phi) is 7.65. The van der Waals surface area contributed by atoms with E-state index < -0.39 is 0 Å². The number of benzene rings is 1. The summed E-state index contributed by atoms with van der Waals surface area (Å²) in [7, 11) is 2.00. The van der Waals surface area contributed by atoms with Crippen LogP contribution in [0.25, 0.3) is 21.9 Å². The fraction of sp³-hybridized carbons (Fsp3) is 0.419. The van der Waals surface area contributed by atoms with Gasteiger partial charge in [0, 0.05) is 67.3 Å². The molecule has 0 atom stereocenters. The minimum atomic E-state index is 0.0483. The Balaban J connectivity index is 1.19. The number of rotatable bonds is 8. The number of pyridine rings is 2. The summed E-state index contributed by atoms with van der Waals surface area (Å²) in [6.07, 6.45) is 11.9. The van der Waals surface area contributed by atoms with Crippen molar-refractivity contribution in [1.82, 2.24) is 24.6 Å². The molecule has 3 aromatic heterocycles. The van der Waals surface area contributed by atoms with Crippen LogP contribution in [0.5, 0.6) is 0 Å². The first-order valence-electron chi connectivity index (χ1n) is 14.1. The van der Waals surface area contributed by atoms with E-state index in [1.807, 2.05) is 36.3 Å². The van der Waals surface area contributed by atoms with E-state index in [9.17, 15) is 4.79 Å². The minimum absolute atomic E-state index is 0.0483. The third kappa shape index (κ3) is 6.02. The number of carbonyl (C=O) groups is 1. The molecule has 4 heterocycles. The lowest BCUT2D eigenvalue weighted by molar-refractivity contribution is 0.0332. The number of aromatic nitrogens is 4. The monoisotopic (exact) mass is 524 g/mol. The third-order valence-corrected chi connectivity index (χ3v) is 8.01. The third-order valence-electron chi connectivity index (χ3n) is 8.01. The molecule has 1 aromatic carbocycles. The summed E-state index contributed by atoms with van der Waals surface area (Å²) < 4.78 is 7.49. The van der Waals surface area contributed by atoms with Crippen molar-refractivity contribution in [2.24, 2.45) is 7.05 Å². The molecule has 0 spiro atoms. The normalized spacial score (nSPS) is 16.9. The van der Waals surface area contributed by atoms with Crippen LogP contribution in [-0.2, 0) is 24.8 Å². The second kappa shape index (κ2) is 11.6. The number of carbonyl (C=O) groups excluding carboxylic acids is 1. The summed E-state index contributed by atoms with van der Waals surface area (Å²) in [5, 5.41) is 10.2. The molecule has 2 fully saturated rings. The summed E-state index contributed by atoms with van der Waals surface area (Å²) in [6.45, 7) is 4.25. The first-order valence-corrected chi connectivity index (χ1v) is 14.1. The first kappa shape index (κ1) is 25.6. The van der Waals surface area contributed by atoms with Crippen molar-refractivity contribution in [2.45, 2.75) is 51.1 Å². The Labute approximate surface area is 229 Å². The molecule has 1 aliphatic heterocycles. The molecule has 39 heavy (non-hydrogen) atoms. The number of ketones is 1. The predicted octanol–water partition coefficient (Wildman–Crippen LogP) is 5.03. The predicted molar refractivity (Wildman–Crippen MR) is 153 cm³/mol. The SMILES string of the molecule is Cn1ncc(-c2ccc3cnc(CC(=O)c4ccnc(NC5CCCCC5)c4)cc3c2)c1CN1CCOCC1. The van der Waals surface area contributed by atoms with E-state index in [0.29, 0.717) is 11.6 Å². The molecule has 1 saturated carbocycles. The number of Topliss-reactive ketones (excluding diaryl/α,β-unsaturated/α-hetero) is 1. The molecule has 0 bridgehead atoms. The molecule has 0 radical (unpaired) electrons. The lowest BCUT2D eigenvalue weighted by Gasteiger charge is -2.27. The Morgan fingerprint density at radius 3 is 2.69 bits per heavy atom. The highest BCUT2D eigenvalue weighted by Crippen LogP contribution is 2.29. The zero-order valence-corrected chi connectivity index (χ0v) is 22.6. The van der Waals surface area contributed by atoms with Gasteiger partial charge < -0.3 is 10.1 Å². The zero-order valence-electron chi connectivity index (χ0n) is 22.6. The average molecular weight is 525 g/mol. The maximum atomic E-state index is 13.2. The van der Waals surface area contributed by atoms with Crippen molar-refractivity contribution in [3.05, 3.63) is 71.9 Å². The number of ether oxygens (including phenoxy) is 1. The van der Waals surface area contributed by atoms with Crippen LogP contribution in [-0.4, -0.2) is 62.8 Å². The number of morpholine rings is 1. The van der Waals surface area contributed by atoms with Crippen LogP contribution in [0.3, 0.4) is 0 Å². The van der Waals surface area contributed by atoms with E-state index in [4.69, 9.17) is 4.74 Å². The van der Waals surface area contributed by atoms with Crippen LogP contribution in [0.15, 0.2) is 55.0 Å². The summed E-state index contributed by atoms with van der Waals surface area (Å²) in [5.74, 6) is 0.834. The van der Waals surface area contributed by atoms with Crippen molar-refractivity contribution in [1.29, 1.82) is 0 Å². The summed E-state index contributed by atoms with van der Waals surface area (Å²) in [4.78, 5) is 24.7. The summed E-state index contributed by atoms with van der Waals surface area (Å²) >= 11 is 0. The van der Waals surface area contributed by atoms with Gasteiger partial charge in [-0.05, 0) is 48.1 Å². The van der Waals surface area contributed by atoms with Crippen molar-refractivity contribution < 1.29 is 9.53 Å². The van der Waals surface area contributed by atoms with Gasteiger partial charge in [0.2, 0.25) is 0 Å². The van der Waals surface area contributed by atoms with Crippen LogP contribution >= 0.6 is 0 Å². The molecule has 1 N–H and O–H groups in total. The number of anilines is 1. The molecule has 0 amide bonds. The van der Waals surface area contributed by atoms with E-state index in [1.54, 1.807) is 12.3 Å². The van der Waals surface area contributed by atoms with E-state index >= 15 is 0 Å². The maximum Gasteiger partial charge on any atom is 0.169 e. The van der Waals surface area contributed by atoms with Crippen molar-refractivity contribution in [3.8, 4) is 11.1 Å². The number of aryl methyl sites for hydroxylation is 1. The van der Waals surface area contributed by atoms with E-state index in [-0.39, 0.29) is 12.2 Å². The zero-order chi connectivity index (χ0) is 26.6.